The van der Waals surface area contributed by atoms with E-state index in [-0.39, 0.29) is 11.6 Å². The summed E-state index contributed by atoms with van der Waals surface area (Å²) in [5.74, 6) is -0.993. The molecule has 2 aromatic rings. The van der Waals surface area contributed by atoms with Crippen molar-refractivity contribution in [3.8, 4) is 0 Å². The van der Waals surface area contributed by atoms with Crippen LogP contribution in [0.5, 0.6) is 0 Å². The predicted molar refractivity (Wildman–Crippen MR) is 77.8 cm³/mol. The molecule has 1 aliphatic rings. The normalized spacial score (nSPS) is 19.1. The number of fused-ring (bicyclic) bond motifs is 1. The minimum absolute atomic E-state index is 0.169. The van der Waals surface area contributed by atoms with E-state index in [2.05, 4.69) is 16.8 Å². The van der Waals surface area contributed by atoms with Crippen molar-refractivity contribution in [3.63, 3.8) is 0 Å². The van der Waals surface area contributed by atoms with Gasteiger partial charge in [0.2, 0.25) is 0 Å². The molecule has 1 N–H and O–H groups in total. The third kappa shape index (κ3) is 2.58. The number of oxazole rings is 1. The molecule has 0 unspecified atom stereocenters. The largest absolute Gasteiger partial charge is 0.478 e. The average molecular weight is 290 g/mol. The average Bonchev–Trinajstić information content (AvgIpc) is 2.91. The van der Waals surface area contributed by atoms with E-state index < -0.39 is 5.97 Å². The van der Waals surface area contributed by atoms with Gasteiger partial charge in [0, 0.05) is 6.54 Å². The minimum Gasteiger partial charge on any atom is -0.478 e. The highest BCUT2D eigenvalue weighted by atomic mass is 16.5. The lowest BCUT2D eigenvalue weighted by Crippen LogP contribution is -2.45. The van der Waals surface area contributed by atoms with Crippen LogP contribution < -0.4 is 4.90 Å². The number of rotatable bonds is 4. The summed E-state index contributed by atoms with van der Waals surface area (Å²) < 4.78 is 11.3. The summed E-state index contributed by atoms with van der Waals surface area (Å²) in [4.78, 5) is 17.7. The lowest BCUT2D eigenvalue weighted by molar-refractivity contribution is 0.0698. The zero-order chi connectivity index (χ0) is 14.8. The molecule has 1 aromatic heterocycles. The van der Waals surface area contributed by atoms with Crippen LogP contribution in [-0.2, 0) is 4.74 Å². The second-order valence-corrected chi connectivity index (χ2v) is 5.16. The zero-order valence-electron chi connectivity index (χ0n) is 11.9. The number of hydrogen-bond donors (Lipinski definition) is 1. The third-order valence-corrected chi connectivity index (χ3v) is 3.73. The Morgan fingerprint density at radius 2 is 2.38 bits per heavy atom. The topological polar surface area (TPSA) is 75.8 Å². The first-order valence-corrected chi connectivity index (χ1v) is 7.18. The molecule has 112 valence electrons. The van der Waals surface area contributed by atoms with Gasteiger partial charge < -0.3 is 19.2 Å². The number of hydrogen-bond acceptors (Lipinski definition) is 5. The van der Waals surface area contributed by atoms with E-state index in [9.17, 15) is 9.90 Å². The third-order valence-electron chi connectivity index (χ3n) is 3.73. The number of nitrogens with zero attached hydrogens (tertiary/aromatic N) is 2. The first-order chi connectivity index (χ1) is 10.2. The van der Waals surface area contributed by atoms with Crippen LogP contribution in [0.1, 0.15) is 30.1 Å². The van der Waals surface area contributed by atoms with Crippen LogP contribution in [0.25, 0.3) is 11.1 Å². The van der Waals surface area contributed by atoms with Crippen LogP contribution >= 0.6 is 0 Å². The molecule has 1 atom stereocenters. The predicted octanol–water partition coefficient (Wildman–Crippen LogP) is 2.53. The van der Waals surface area contributed by atoms with Crippen molar-refractivity contribution in [3.05, 3.63) is 23.8 Å². The number of para-hydroxylation sites is 1. The van der Waals surface area contributed by atoms with Gasteiger partial charge in [0.1, 0.15) is 5.52 Å². The summed E-state index contributed by atoms with van der Waals surface area (Å²) in [7, 11) is 0. The number of ether oxygens (including phenoxy) is 1. The van der Waals surface area contributed by atoms with Crippen LogP contribution in [-0.4, -0.2) is 41.9 Å². The molecule has 1 fully saturated rings. The van der Waals surface area contributed by atoms with E-state index in [1.807, 2.05) is 0 Å². The Balaban J connectivity index is 2.00. The Hall–Kier alpha value is -2.08. The summed E-state index contributed by atoms with van der Waals surface area (Å²) in [5, 5.41) is 9.22. The van der Waals surface area contributed by atoms with Gasteiger partial charge in [-0.2, -0.15) is 4.98 Å². The number of anilines is 1. The van der Waals surface area contributed by atoms with E-state index in [0.29, 0.717) is 36.9 Å². The molecule has 2 heterocycles. The lowest BCUT2D eigenvalue weighted by Gasteiger charge is -2.34. The molecular formula is C15H18N2O4. The summed E-state index contributed by atoms with van der Waals surface area (Å²) in [6, 6.07) is 5.67. The molecule has 0 aliphatic carbocycles. The van der Waals surface area contributed by atoms with E-state index in [1.165, 1.54) is 0 Å². The molecule has 6 nitrogen and oxygen atoms in total. The van der Waals surface area contributed by atoms with Crippen molar-refractivity contribution in [2.75, 3.05) is 24.7 Å². The summed E-state index contributed by atoms with van der Waals surface area (Å²) in [6.07, 6.45) is 2.04. The molecule has 21 heavy (non-hydrogen) atoms. The molecule has 1 saturated heterocycles. The monoisotopic (exact) mass is 290 g/mol. The first kappa shape index (κ1) is 13.9. The molecule has 6 heteroatoms. The molecule has 0 bridgehead atoms. The number of aromatic nitrogens is 1. The van der Waals surface area contributed by atoms with E-state index in [4.69, 9.17) is 9.15 Å². The Bertz CT molecular complexity index is 650. The Morgan fingerprint density at radius 1 is 1.52 bits per heavy atom. The smallest absolute Gasteiger partial charge is 0.338 e. The number of benzene rings is 1. The number of carboxylic acids is 1. The second kappa shape index (κ2) is 5.73. The van der Waals surface area contributed by atoms with Gasteiger partial charge in [0.25, 0.3) is 6.01 Å². The van der Waals surface area contributed by atoms with Crippen LogP contribution in [0.4, 0.5) is 6.01 Å². The Labute approximate surface area is 122 Å². The standard InChI is InChI=1S/C15H18N2O4/c1-2-4-10-9-20-8-7-17(10)15-16-13-11(14(18)19)5-3-6-12(13)21-15/h3,5-6,10H,2,4,7-9H2,1H3,(H,18,19)/t10-/m0/s1. The summed E-state index contributed by atoms with van der Waals surface area (Å²) in [5.41, 5.74) is 1.08. The molecular weight excluding hydrogens is 272 g/mol. The quantitative estimate of drug-likeness (QED) is 0.932. The van der Waals surface area contributed by atoms with Crippen molar-refractivity contribution in [1.82, 2.24) is 4.98 Å². The highest BCUT2D eigenvalue weighted by Crippen LogP contribution is 2.27. The fraction of sp³-hybridized carbons (Fsp3) is 0.467. The SMILES string of the molecule is CCC[C@H]1COCCN1c1nc2c(C(=O)O)cccc2o1. The van der Waals surface area contributed by atoms with Crippen LogP contribution in [0.2, 0.25) is 0 Å². The lowest BCUT2D eigenvalue weighted by atomic mass is 10.1. The molecule has 0 amide bonds. The first-order valence-electron chi connectivity index (χ1n) is 7.18. The van der Waals surface area contributed by atoms with Gasteiger partial charge in [-0.1, -0.05) is 19.4 Å². The van der Waals surface area contributed by atoms with Gasteiger partial charge in [0.05, 0.1) is 24.8 Å². The molecule has 0 spiro atoms. The van der Waals surface area contributed by atoms with Crippen LogP contribution in [0, 0.1) is 0 Å². The molecule has 1 aromatic carbocycles. The highest BCUT2D eigenvalue weighted by Gasteiger charge is 2.27. The van der Waals surface area contributed by atoms with Gasteiger partial charge >= 0.3 is 5.97 Å². The molecule has 0 saturated carbocycles. The maximum Gasteiger partial charge on any atom is 0.338 e. The number of carboxylic acid groups (broad SMARTS) is 1. The van der Waals surface area contributed by atoms with Crippen molar-refractivity contribution in [2.24, 2.45) is 0 Å². The second-order valence-electron chi connectivity index (χ2n) is 5.16. The maximum absolute atomic E-state index is 11.3. The van der Waals surface area contributed by atoms with Gasteiger partial charge in [-0.25, -0.2) is 4.79 Å². The van der Waals surface area contributed by atoms with Gasteiger partial charge in [-0.05, 0) is 18.6 Å². The number of aromatic carboxylic acids is 1. The highest BCUT2D eigenvalue weighted by molar-refractivity contribution is 6.00. The Kier molecular flexibility index (Phi) is 3.79. The van der Waals surface area contributed by atoms with Crippen molar-refractivity contribution >= 4 is 23.1 Å². The minimum atomic E-state index is -0.993. The zero-order valence-corrected chi connectivity index (χ0v) is 11.9. The Morgan fingerprint density at radius 3 is 3.14 bits per heavy atom. The molecule has 0 radical (unpaired) electrons. The fourth-order valence-electron chi connectivity index (χ4n) is 2.71. The van der Waals surface area contributed by atoms with Gasteiger partial charge in [-0.15, -0.1) is 0 Å². The van der Waals surface area contributed by atoms with E-state index >= 15 is 0 Å². The van der Waals surface area contributed by atoms with Crippen LogP contribution in [0.15, 0.2) is 22.6 Å². The van der Waals surface area contributed by atoms with Crippen LogP contribution in [0.3, 0.4) is 0 Å². The molecule has 1 aliphatic heterocycles. The van der Waals surface area contributed by atoms with Crippen molar-refractivity contribution in [2.45, 2.75) is 25.8 Å². The van der Waals surface area contributed by atoms with E-state index in [0.717, 1.165) is 12.8 Å². The maximum atomic E-state index is 11.3. The van der Waals surface area contributed by atoms with Gasteiger partial charge in [0.15, 0.2) is 5.58 Å². The van der Waals surface area contributed by atoms with Crippen molar-refractivity contribution in [1.29, 1.82) is 0 Å². The van der Waals surface area contributed by atoms with Gasteiger partial charge in [-0.3, -0.25) is 0 Å². The number of carbonyl (C=O) groups is 1. The fourth-order valence-corrected chi connectivity index (χ4v) is 2.71. The molecule has 3 rings (SSSR count). The summed E-state index contributed by atoms with van der Waals surface area (Å²) >= 11 is 0. The number of morpholine rings is 1. The summed E-state index contributed by atoms with van der Waals surface area (Å²) in [6.45, 7) is 4.12. The van der Waals surface area contributed by atoms with E-state index in [1.54, 1.807) is 18.2 Å². The van der Waals surface area contributed by atoms with Crippen molar-refractivity contribution < 1.29 is 19.1 Å².